The van der Waals surface area contributed by atoms with Crippen molar-refractivity contribution in [2.45, 2.75) is 51.5 Å². The molecule has 3 heterocycles. The SMILES string of the molecule is [C-]#[N+]C(C#N)=C1N(CCCN2CCCCC2)CCN1CCN1CCC[C@@H]1C. The first-order chi connectivity index (χ1) is 13.2. The van der Waals surface area contributed by atoms with Gasteiger partial charge in [-0.3, -0.25) is 4.90 Å². The van der Waals surface area contributed by atoms with Gasteiger partial charge in [-0.1, -0.05) is 6.42 Å². The molecular weight excluding hydrogens is 336 g/mol. The number of hydrogen-bond donors (Lipinski definition) is 0. The molecule has 0 aromatic heterocycles. The van der Waals surface area contributed by atoms with Crippen molar-refractivity contribution in [3.05, 3.63) is 22.9 Å². The largest absolute Gasteiger partial charge is 0.365 e. The van der Waals surface area contributed by atoms with Crippen LogP contribution >= 0.6 is 0 Å². The summed E-state index contributed by atoms with van der Waals surface area (Å²) in [6.45, 7) is 19.3. The van der Waals surface area contributed by atoms with Gasteiger partial charge < -0.3 is 14.7 Å². The van der Waals surface area contributed by atoms with E-state index in [4.69, 9.17) is 6.57 Å². The van der Waals surface area contributed by atoms with Crippen molar-refractivity contribution in [2.24, 2.45) is 0 Å². The highest BCUT2D eigenvalue weighted by Gasteiger charge is 2.29. The van der Waals surface area contributed by atoms with E-state index >= 15 is 0 Å². The molecule has 0 aromatic rings. The molecular formula is C21H34N6. The van der Waals surface area contributed by atoms with Crippen LogP contribution in [0, 0.1) is 17.9 Å². The van der Waals surface area contributed by atoms with Gasteiger partial charge in [0.2, 0.25) is 0 Å². The molecule has 0 saturated carbocycles. The van der Waals surface area contributed by atoms with Crippen LogP contribution in [0.4, 0.5) is 0 Å². The Morgan fingerprint density at radius 2 is 1.74 bits per heavy atom. The zero-order valence-electron chi connectivity index (χ0n) is 16.9. The third-order valence-electron chi connectivity index (χ3n) is 6.37. The quantitative estimate of drug-likeness (QED) is 0.509. The fraction of sp³-hybridized carbons (Fsp3) is 0.810. The first-order valence-electron chi connectivity index (χ1n) is 10.7. The van der Waals surface area contributed by atoms with Gasteiger partial charge in [0.05, 0.1) is 12.6 Å². The lowest BCUT2D eigenvalue weighted by Crippen LogP contribution is -2.36. The zero-order valence-corrected chi connectivity index (χ0v) is 16.9. The van der Waals surface area contributed by atoms with E-state index in [9.17, 15) is 5.26 Å². The number of piperidine rings is 1. The van der Waals surface area contributed by atoms with Gasteiger partial charge in [-0.15, -0.1) is 0 Å². The third-order valence-corrected chi connectivity index (χ3v) is 6.37. The lowest BCUT2D eigenvalue weighted by Gasteiger charge is -2.30. The average Bonchev–Trinajstić information content (AvgIpc) is 3.28. The van der Waals surface area contributed by atoms with Crippen LogP contribution in [-0.4, -0.2) is 84.5 Å². The molecule has 148 valence electrons. The Bertz CT molecular complexity index is 579. The van der Waals surface area contributed by atoms with Gasteiger partial charge >= 0.3 is 5.70 Å². The minimum absolute atomic E-state index is 0.264. The topological polar surface area (TPSA) is 41.1 Å². The standard InChI is InChI=1S/C21H34N6/c1-19-8-6-12-25(19)14-15-27-17-16-26(21(27)20(18-22)23-2)13-7-11-24-9-4-3-5-10-24/h19H,3-17H2,1H3/t19-/m0/s1. The predicted molar refractivity (Wildman–Crippen MR) is 108 cm³/mol. The molecule has 27 heavy (non-hydrogen) atoms. The smallest absolute Gasteiger partial charge is 0.300 e. The Balaban J connectivity index is 1.56. The second-order valence-corrected chi connectivity index (χ2v) is 8.15. The molecule has 3 rings (SSSR count). The molecule has 0 bridgehead atoms. The first-order valence-corrected chi connectivity index (χ1v) is 10.7. The van der Waals surface area contributed by atoms with E-state index < -0.39 is 0 Å². The van der Waals surface area contributed by atoms with Gasteiger partial charge in [0.25, 0.3) is 0 Å². The molecule has 3 fully saturated rings. The summed E-state index contributed by atoms with van der Waals surface area (Å²) >= 11 is 0. The Morgan fingerprint density at radius 3 is 2.37 bits per heavy atom. The number of allylic oxidation sites excluding steroid dienone is 1. The molecule has 0 spiro atoms. The number of nitriles is 1. The molecule has 3 aliphatic rings. The number of hydrogen-bond acceptors (Lipinski definition) is 5. The van der Waals surface area contributed by atoms with Gasteiger partial charge in [0.1, 0.15) is 5.82 Å². The van der Waals surface area contributed by atoms with Crippen molar-refractivity contribution in [1.29, 1.82) is 5.26 Å². The lowest BCUT2D eigenvalue weighted by atomic mass is 10.1. The summed E-state index contributed by atoms with van der Waals surface area (Å²) in [5.41, 5.74) is 0.264. The van der Waals surface area contributed by atoms with Gasteiger partial charge in [0, 0.05) is 38.8 Å². The Morgan fingerprint density at radius 1 is 1.00 bits per heavy atom. The zero-order chi connectivity index (χ0) is 19.1. The summed E-state index contributed by atoms with van der Waals surface area (Å²) in [6, 6.07) is 2.81. The molecule has 1 atom stereocenters. The van der Waals surface area contributed by atoms with E-state index in [1.165, 1.54) is 51.7 Å². The summed E-state index contributed by atoms with van der Waals surface area (Å²) in [4.78, 5) is 13.2. The Labute approximate surface area is 164 Å². The maximum Gasteiger partial charge on any atom is 0.300 e. The fourth-order valence-corrected chi connectivity index (χ4v) is 4.76. The van der Waals surface area contributed by atoms with Gasteiger partial charge in [-0.2, -0.15) is 0 Å². The molecule has 0 radical (unpaired) electrons. The highest BCUT2D eigenvalue weighted by atomic mass is 15.4. The average molecular weight is 371 g/mol. The van der Waals surface area contributed by atoms with Crippen LogP contribution in [0.2, 0.25) is 0 Å². The second-order valence-electron chi connectivity index (χ2n) is 8.15. The van der Waals surface area contributed by atoms with E-state index in [-0.39, 0.29) is 5.70 Å². The van der Waals surface area contributed by atoms with Crippen molar-refractivity contribution in [2.75, 3.05) is 58.9 Å². The van der Waals surface area contributed by atoms with Crippen molar-refractivity contribution in [3.8, 4) is 6.07 Å². The summed E-state index contributed by atoms with van der Waals surface area (Å²) in [6.07, 6.45) is 7.71. The molecule has 3 saturated heterocycles. The lowest BCUT2D eigenvalue weighted by molar-refractivity contribution is 0.211. The molecule has 6 heteroatoms. The van der Waals surface area contributed by atoms with Crippen molar-refractivity contribution in [3.63, 3.8) is 0 Å². The maximum absolute atomic E-state index is 9.48. The maximum atomic E-state index is 9.48. The first kappa shape index (κ1) is 20.0. The van der Waals surface area contributed by atoms with E-state index in [0.717, 1.165) is 51.5 Å². The predicted octanol–water partition coefficient (Wildman–Crippen LogP) is 2.58. The van der Waals surface area contributed by atoms with Crippen molar-refractivity contribution < 1.29 is 0 Å². The summed E-state index contributed by atoms with van der Waals surface area (Å²) in [5, 5.41) is 9.48. The van der Waals surface area contributed by atoms with E-state index in [1.807, 2.05) is 0 Å². The van der Waals surface area contributed by atoms with E-state index in [2.05, 4.69) is 37.4 Å². The fourth-order valence-electron chi connectivity index (χ4n) is 4.76. The summed E-state index contributed by atoms with van der Waals surface area (Å²) < 4.78 is 0. The number of rotatable bonds is 7. The molecule has 0 N–H and O–H groups in total. The van der Waals surface area contributed by atoms with E-state index in [1.54, 1.807) is 0 Å². The van der Waals surface area contributed by atoms with Crippen molar-refractivity contribution in [1.82, 2.24) is 19.6 Å². The Hall–Kier alpha value is -1.76. The molecule has 0 aliphatic carbocycles. The van der Waals surface area contributed by atoms with Gasteiger partial charge in [-0.05, 0) is 65.2 Å². The summed E-state index contributed by atoms with van der Waals surface area (Å²) in [5.74, 6) is 0.887. The normalized spacial score (nSPS) is 26.3. The van der Waals surface area contributed by atoms with Crippen LogP contribution in [0.25, 0.3) is 4.85 Å². The monoisotopic (exact) mass is 370 g/mol. The minimum atomic E-state index is 0.264. The van der Waals surface area contributed by atoms with Crippen LogP contribution < -0.4 is 0 Å². The number of nitrogens with zero attached hydrogens (tertiary/aromatic N) is 6. The minimum Gasteiger partial charge on any atom is -0.365 e. The highest BCUT2D eigenvalue weighted by Crippen LogP contribution is 2.24. The molecule has 0 aromatic carbocycles. The van der Waals surface area contributed by atoms with E-state index in [0.29, 0.717) is 6.04 Å². The number of likely N-dealkylation sites (tertiary alicyclic amines) is 2. The molecule has 0 unspecified atom stereocenters. The molecule has 6 nitrogen and oxygen atoms in total. The Kier molecular flexibility index (Phi) is 7.38. The van der Waals surface area contributed by atoms with Crippen LogP contribution in [0.5, 0.6) is 0 Å². The van der Waals surface area contributed by atoms with Gasteiger partial charge in [-0.25, -0.2) is 10.1 Å². The summed E-state index contributed by atoms with van der Waals surface area (Å²) in [7, 11) is 0. The van der Waals surface area contributed by atoms with Crippen molar-refractivity contribution >= 4 is 0 Å². The van der Waals surface area contributed by atoms with Crippen LogP contribution in [0.3, 0.4) is 0 Å². The van der Waals surface area contributed by atoms with Crippen LogP contribution in [-0.2, 0) is 0 Å². The molecule has 0 amide bonds. The second kappa shape index (κ2) is 9.97. The van der Waals surface area contributed by atoms with Crippen LogP contribution in [0.1, 0.15) is 45.4 Å². The van der Waals surface area contributed by atoms with Crippen LogP contribution in [0.15, 0.2) is 11.5 Å². The molecule has 3 aliphatic heterocycles. The highest BCUT2D eigenvalue weighted by molar-refractivity contribution is 5.33. The van der Waals surface area contributed by atoms with Gasteiger partial charge in [0.15, 0.2) is 0 Å². The third kappa shape index (κ3) is 5.15.